The highest BCUT2D eigenvalue weighted by atomic mass is 32.1. The van der Waals surface area contributed by atoms with Crippen LogP contribution in [0.2, 0.25) is 0 Å². The molecule has 0 bridgehead atoms. The van der Waals surface area contributed by atoms with Crippen LogP contribution in [0.1, 0.15) is 92.7 Å². The Morgan fingerprint density at radius 1 is 0.541 bits per heavy atom. The smallest absolute Gasteiger partial charge is 0.0554 e. The highest BCUT2D eigenvalue weighted by molar-refractivity contribution is 7.22. The van der Waals surface area contributed by atoms with Gasteiger partial charge in [0, 0.05) is 67.3 Å². The van der Waals surface area contributed by atoms with Crippen LogP contribution in [0.3, 0.4) is 0 Å². The third-order valence-electron chi connectivity index (χ3n) is 14.5. The normalized spacial score (nSPS) is 18.8. The van der Waals surface area contributed by atoms with Crippen molar-refractivity contribution in [2.75, 3.05) is 11.4 Å². The Bertz CT molecular complexity index is 3160. The maximum Gasteiger partial charge on any atom is 0.0554 e. The van der Waals surface area contributed by atoms with Gasteiger partial charge in [-0.25, -0.2) is 0 Å². The van der Waals surface area contributed by atoms with Gasteiger partial charge >= 0.3 is 0 Å². The zero-order valence-corrected chi connectivity index (χ0v) is 35.0. The number of rotatable bonds is 6. The van der Waals surface area contributed by atoms with E-state index in [1.807, 2.05) is 11.3 Å². The van der Waals surface area contributed by atoms with Crippen LogP contribution in [0, 0.1) is 0 Å². The fourth-order valence-electron chi connectivity index (χ4n) is 11.9. The number of nitrogens with one attached hydrogen (secondary N) is 1. The monoisotopic (exact) mass is 802 g/mol. The molecule has 4 aliphatic rings. The van der Waals surface area contributed by atoms with Gasteiger partial charge in [0.1, 0.15) is 0 Å². The molecule has 61 heavy (non-hydrogen) atoms. The van der Waals surface area contributed by atoms with E-state index >= 15 is 0 Å². The predicted molar refractivity (Wildman–Crippen MR) is 257 cm³/mol. The first-order valence-electron chi connectivity index (χ1n) is 22.4. The van der Waals surface area contributed by atoms with Gasteiger partial charge in [0.2, 0.25) is 0 Å². The number of fused-ring (bicyclic) bond motifs is 6. The molecule has 3 unspecified atom stereocenters. The molecular formula is C58H46N2S. The van der Waals surface area contributed by atoms with Crippen LogP contribution in [0.25, 0.3) is 48.8 Å². The van der Waals surface area contributed by atoms with Crippen molar-refractivity contribution in [3.63, 3.8) is 0 Å². The Hall–Kier alpha value is -6.42. The number of hydrogen-bond acceptors (Lipinski definition) is 2. The fourth-order valence-corrected chi connectivity index (χ4v) is 13.1. The Kier molecular flexibility index (Phi) is 8.16. The van der Waals surface area contributed by atoms with Gasteiger partial charge in [-0.3, -0.25) is 0 Å². The van der Waals surface area contributed by atoms with Crippen LogP contribution in [0.5, 0.6) is 0 Å². The fraction of sp³-hybridized carbons (Fsp3) is 0.172. The number of aryl methyl sites for hydroxylation is 2. The summed E-state index contributed by atoms with van der Waals surface area (Å²) in [5.74, 6) is 0.548. The second kappa shape index (κ2) is 14.1. The summed E-state index contributed by atoms with van der Waals surface area (Å²) in [6, 6.07) is 60.2. The molecule has 294 valence electrons. The number of hydrogen-bond donors (Lipinski definition) is 1. The lowest BCUT2D eigenvalue weighted by molar-refractivity contribution is 0.615. The lowest BCUT2D eigenvalue weighted by Gasteiger charge is -2.38. The standard InChI is InChI=1S/C58H46N2S/c1-7-21-42-36(14-1)20-13-24-45(42)55-57(52-35-41-19-6-12-27-51(41)61-52)54(47-31-29-38-16-3-9-23-44(38)47)53(46-30-28-37-15-2-8-22-43(37)46)56(49-34-40-18-4-10-25-48(40)59-49)58(55)60-33-32-39-17-5-11-26-50(39)60/h1-12,14-19,21-23,25-27,29,31,34-35,45-47,59H,13,20,24,28,30,32-33H2. The minimum absolute atomic E-state index is 0.0970. The highest BCUT2D eigenvalue weighted by Gasteiger charge is 2.42. The second-order valence-corrected chi connectivity index (χ2v) is 18.8. The van der Waals surface area contributed by atoms with Crippen molar-refractivity contribution in [1.82, 2.24) is 4.98 Å². The molecule has 1 aliphatic heterocycles. The predicted octanol–water partition coefficient (Wildman–Crippen LogP) is 15.1. The number of thiophene rings is 1. The maximum atomic E-state index is 4.11. The van der Waals surface area contributed by atoms with Gasteiger partial charge in [-0.2, -0.15) is 0 Å². The van der Waals surface area contributed by atoms with Crippen molar-refractivity contribution in [2.45, 2.75) is 56.3 Å². The van der Waals surface area contributed by atoms with Crippen molar-refractivity contribution in [1.29, 1.82) is 0 Å². The summed E-state index contributed by atoms with van der Waals surface area (Å²) in [5.41, 5.74) is 22.7. The van der Waals surface area contributed by atoms with Crippen molar-refractivity contribution < 1.29 is 0 Å². The average molecular weight is 803 g/mol. The zero-order valence-electron chi connectivity index (χ0n) is 34.2. The van der Waals surface area contributed by atoms with Crippen molar-refractivity contribution in [3.05, 3.63) is 219 Å². The number of allylic oxidation sites excluding steroid dienone is 1. The van der Waals surface area contributed by atoms with Gasteiger partial charge in [-0.1, -0.05) is 140 Å². The van der Waals surface area contributed by atoms with E-state index in [-0.39, 0.29) is 17.8 Å². The molecular weight excluding hydrogens is 757 g/mol. The minimum atomic E-state index is 0.0970. The van der Waals surface area contributed by atoms with E-state index in [0.717, 1.165) is 38.6 Å². The molecule has 1 N–H and O–H groups in total. The first-order valence-corrected chi connectivity index (χ1v) is 23.2. The largest absolute Gasteiger partial charge is 0.354 e. The number of para-hydroxylation sites is 2. The van der Waals surface area contributed by atoms with E-state index in [1.165, 1.54) is 116 Å². The van der Waals surface area contributed by atoms with Gasteiger partial charge in [0.25, 0.3) is 0 Å². The molecule has 3 aliphatic carbocycles. The molecule has 0 amide bonds. The van der Waals surface area contributed by atoms with Crippen molar-refractivity contribution in [3.8, 4) is 21.7 Å². The molecule has 0 saturated heterocycles. The number of anilines is 2. The van der Waals surface area contributed by atoms with Gasteiger partial charge in [0.05, 0.1) is 5.69 Å². The topological polar surface area (TPSA) is 19.0 Å². The van der Waals surface area contributed by atoms with Gasteiger partial charge in [0.15, 0.2) is 0 Å². The summed E-state index contributed by atoms with van der Waals surface area (Å²) in [6.45, 7) is 0.950. The van der Waals surface area contributed by atoms with Crippen LogP contribution < -0.4 is 4.90 Å². The molecule has 0 fully saturated rings. The molecule has 0 radical (unpaired) electrons. The highest BCUT2D eigenvalue weighted by Crippen LogP contribution is 2.61. The minimum Gasteiger partial charge on any atom is -0.354 e. The molecule has 7 aromatic carbocycles. The summed E-state index contributed by atoms with van der Waals surface area (Å²) in [5, 5.41) is 2.58. The summed E-state index contributed by atoms with van der Waals surface area (Å²) >= 11 is 1.99. The molecule has 0 saturated carbocycles. The molecule has 9 aromatic rings. The third-order valence-corrected chi connectivity index (χ3v) is 15.7. The maximum absolute atomic E-state index is 4.11. The quantitative estimate of drug-likeness (QED) is 0.177. The van der Waals surface area contributed by atoms with E-state index in [0.29, 0.717) is 0 Å². The van der Waals surface area contributed by atoms with E-state index in [4.69, 9.17) is 0 Å². The number of nitrogens with zero attached hydrogens (tertiary/aromatic N) is 1. The zero-order chi connectivity index (χ0) is 40.0. The van der Waals surface area contributed by atoms with Crippen LogP contribution in [-0.4, -0.2) is 11.5 Å². The Balaban J connectivity index is 1.28. The molecule has 3 heterocycles. The first-order chi connectivity index (χ1) is 30.3. The number of H-pyrrole nitrogens is 1. The van der Waals surface area contributed by atoms with E-state index in [1.54, 1.807) is 0 Å². The number of aromatic amines is 1. The Morgan fingerprint density at radius 3 is 2.07 bits per heavy atom. The third kappa shape index (κ3) is 5.53. The van der Waals surface area contributed by atoms with Crippen molar-refractivity contribution >= 4 is 49.8 Å². The van der Waals surface area contributed by atoms with Crippen LogP contribution in [-0.2, 0) is 19.3 Å². The SMILES string of the molecule is C1=CC(c2c(-c3cc4ccccc4s3)c(C3CCCc4ccccc43)c(N3CCc4ccccc43)c(-c3cc4ccccc4[nH]3)c2C2CCc3ccccc32)c2ccccc21. The van der Waals surface area contributed by atoms with E-state index in [2.05, 4.69) is 180 Å². The summed E-state index contributed by atoms with van der Waals surface area (Å²) in [6.07, 6.45) is 11.6. The molecule has 3 atom stereocenters. The molecule has 2 aromatic heterocycles. The van der Waals surface area contributed by atoms with Crippen molar-refractivity contribution in [2.24, 2.45) is 0 Å². The number of aromatic nitrogens is 1. The first kappa shape index (κ1) is 35.3. The molecule has 13 rings (SSSR count). The summed E-state index contributed by atoms with van der Waals surface area (Å²) in [4.78, 5) is 8.27. The van der Waals surface area contributed by atoms with Gasteiger partial charge in [-0.15, -0.1) is 11.3 Å². The Morgan fingerprint density at radius 2 is 1.23 bits per heavy atom. The average Bonchev–Trinajstić information content (AvgIpc) is 4.17. The number of benzene rings is 7. The summed E-state index contributed by atoms with van der Waals surface area (Å²) in [7, 11) is 0. The van der Waals surface area contributed by atoms with Gasteiger partial charge < -0.3 is 9.88 Å². The van der Waals surface area contributed by atoms with Crippen LogP contribution in [0.15, 0.2) is 164 Å². The second-order valence-electron chi connectivity index (χ2n) is 17.7. The summed E-state index contributed by atoms with van der Waals surface area (Å²) < 4.78 is 1.35. The molecule has 3 heteroatoms. The van der Waals surface area contributed by atoms with Crippen LogP contribution in [0.4, 0.5) is 11.4 Å². The van der Waals surface area contributed by atoms with Gasteiger partial charge in [-0.05, 0) is 130 Å². The molecule has 2 nitrogen and oxygen atoms in total. The lowest BCUT2D eigenvalue weighted by Crippen LogP contribution is -2.24. The van der Waals surface area contributed by atoms with E-state index in [9.17, 15) is 0 Å². The lowest BCUT2D eigenvalue weighted by atomic mass is 9.69. The van der Waals surface area contributed by atoms with E-state index < -0.39 is 0 Å². The van der Waals surface area contributed by atoms with Crippen LogP contribution >= 0.6 is 11.3 Å². The Labute approximate surface area is 361 Å². The molecule has 0 spiro atoms.